The van der Waals surface area contributed by atoms with Crippen molar-refractivity contribution in [3.63, 3.8) is 0 Å². The number of H-pyrrole nitrogens is 2. The molecule has 2 heterocycles. The number of nitrogens with one attached hydrogen (secondary N) is 2. The lowest BCUT2D eigenvalue weighted by molar-refractivity contribution is 0.309. The van der Waals surface area contributed by atoms with Gasteiger partial charge in [-0.2, -0.15) is 0 Å². The van der Waals surface area contributed by atoms with Crippen molar-refractivity contribution >= 4 is 22.6 Å². The number of nitrogens with zero attached hydrogens (tertiary/aromatic N) is 1. The van der Waals surface area contributed by atoms with Crippen LogP contribution < -0.4 is 10.3 Å². The van der Waals surface area contributed by atoms with Crippen LogP contribution in [-0.2, 0) is 6.61 Å². The second kappa shape index (κ2) is 4.78. The number of pyridine rings is 1. The second-order valence-corrected chi connectivity index (χ2v) is 4.41. The third kappa shape index (κ3) is 2.32. The molecular formula is C13H10ClN3O2. The van der Waals surface area contributed by atoms with Crippen molar-refractivity contribution in [2.24, 2.45) is 0 Å². The molecule has 3 aromatic rings. The van der Waals surface area contributed by atoms with Crippen LogP contribution in [0.1, 0.15) is 5.56 Å². The van der Waals surface area contributed by atoms with Crippen molar-refractivity contribution in [1.82, 2.24) is 15.2 Å². The van der Waals surface area contributed by atoms with Gasteiger partial charge in [-0.05, 0) is 5.56 Å². The number of aromatic amines is 2. The summed E-state index contributed by atoms with van der Waals surface area (Å²) in [6.45, 7) is 0.362. The van der Waals surface area contributed by atoms with Crippen LogP contribution in [0.3, 0.4) is 0 Å². The number of halogens is 1. The summed E-state index contributed by atoms with van der Waals surface area (Å²) in [5.41, 5.74) is 1.12. The average molecular weight is 276 g/mol. The zero-order chi connectivity index (χ0) is 13.2. The van der Waals surface area contributed by atoms with Crippen LogP contribution in [0, 0.1) is 0 Å². The molecule has 1 aromatic carbocycles. The van der Waals surface area contributed by atoms with Gasteiger partial charge in [0.15, 0.2) is 5.65 Å². The predicted octanol–water partition coefficient (Wildman–Crippen LogP) is 2.48. The van der Waals surface area contributed by atoms with Crippen LogP contribution in [0.4, 0.5) is 0 Å². The molecule has 0 saturated heterocycles. The summed E-state index contributed by atoms with van der Waals surface area (Å²) in [6.07, 6.45) is 0. The minimum Gasteiger partial charge on any atom is -0.488 e. The third-order valence-electron chi connectivity index (χ3n) is 2.71. The molecule has 0 aliphatic heterocycles. The predicted molar refractivity (Wildman–Crippen MR) is 72.5 cm³/mol. The van der Waals surface area contributed by atoms with Crippen LogP contribution in [0.2, 0.25) is 5.15 Å². The average Bonchev–Trinajstić information content (AvgIpc) is 2.79. The van der Waals surface area contributed by atoms with Crippen molar-refractivity contribution in [1.29, 1.82) is 0 Å². The molecule has 0 unspecified atom stereocenters. The van der Waals surface area contributed by atoms with E-state index in [2.05, 4.69) is 15.2 Å². The fourth-order valence-electron chi connectivity index (χ4n) is 1.83. The minimum absolute atomic E-state index is 0.269. The minimum atomic E-state index is -0.276. The van der Waals surface area contributed by atoms with E-state index in [0.717, 1.165) is 5.56 Å². The van der Waals surface area contributed by atoms with E-state index < -0.39 is 0 Å². The van der Waals surface area contributed by atoms with Crippen molar-refractivity contribution in [3.05, 3.63) is 57.5 Å². The molecule has 0 saturated carbocycles. The fraction of sp³-hybridized carbons (Fsp3) is 0.0769. The molecule has 0 atom stereocenters. The van der Waals surface area contributed by atoms with Crippen molar-refractivity contribution in [2.45, 2.75) is 6.61 Å². The highest BCUT2D eigenvalue weighted by molar-refractivity contribution is 6.30. The van der Waals surface area contributed by atoms with E-state index in [1.54, 1.807) is 0 Å². The first-order chi connectivity index (χ1) is 9.24. The fourth-order valence-corrected chi connectivity index (χ4v) is 2.01. The Morgan fingerprint density at radius 1 is 1.21 bits per heavy atom. The normalized spacial score (nSPS) is 10.8. The lowest BCUT2D eigenvalue weighted by atomic mass is 10.2. The number of aromatic nitrogens is 3. The van der Waals surface area contributed by atoms with Gasteiger partial charge in [0.1, 0.15) is 22.9 Å². The highest BCUT2D eigenvalue weighted by Gasteiger charge is 2.11. The van der Waals surface area contributed by atoms with Gasteiger partial charge in [-0.3, -0.25) is 15.0 Å². The zero-order valence-corrected chi connectivity index (χ0v) is 10.6. The van der Waals surface area contributed by atoms with Crippen LogP contribution in [0.5, 0.6) is 5.75 Å². The first-order valence-corrected chi connectivity index (χ1v) is 6.05. The standard InChI is InChI=1S/C13H10ClN3O2/c14-10-6-9(11-12(15-10)16-17-13(11)18)19-7-8-4-2-1-3-5-8/h1-6H,7H2,(H2,15,16,17,18). The van der Waals surface area contributed by atoms with Crippen LogP contribution in [-0.4, -0.2) is 15.2 Å². The van der Waals surface area contributed by atoms with Gasteiger partial charge in [-0.25, -0.2) is 4.98 Å². The molecule has 3 rings (SSSR count). The second-order valence-electron chi connectivity index (χ2n) is 4.02. The highest BCUT2D eigenvalue weighted by atomic mass is 35.5. The van der Waals surface area contributed by atoms with Gasteiger partial charge in [0.25, 0.3) is 5.56 Å². The van der Waals surface area contributed by atoms with Crippen LogP contribution >= 0.6 is 11.6 Å². The SMILES string of the molecule is O=c1[nH][nH]c2nc(Cl)cc(OCc3ccccc3)c12. The highest BCUT2D eigenvalue weighted by Crippen LogP contribution is 2.24. The Morgan fingerprint density at radius 2 is 2.00 bits per heavy atom. The largest absolute Gasteiger partial charge is 0.488 e. The molecule has 19 heavy (non-hydrogen) atoms. The molecule has 96 valence electrons. The maximum absolute atomic E-state index is 11.7. The molecule has 0 amide bonds. The Bertz CT molecular complexity index is 764. The molecule has 2 N–H and O–H groups in total. The van der Waals surface area contributed by atoms with E-state index >= 15 is 0 Å². The number of ether oxygens (including phenoxy) is 1. The summed E-state index contributed by atoms with van der Waals surface area (Å²) in [5, 5.41) is 5.76. The van der Waals surface area contributed by atoms with E-state index in [9.17, 15) is 4.79 Å². The molecular weight excluding hydrogens is 266 g/mol. The summed E-state index contributed by atoms with van der Waals surface area (Å²) in [6, 6.07) is 11.2. The van der Waals surface area contributed by atoms with Gasteiger partial charge < -0.3 is 4.74 Å². The van der Waals surface area contributed by atoms with Gasteiger partial charge >= 0.3 is 0 Å². The number of hydrogen-bond acceptors (Lipinski definition) is 3. The van der Waals surface area contributed by atoms with Gasteiger partial charge in [0, 0.05) is 6.07 Å². The zero-order valence-electron chi connectivity index (χ0n) is 9.81. The summed E-state index contributed by atoms with van der Waals surface area (Å²) in [7, 11) is 0. The van der Waals surface area contributed by atoms with E-state index in [-0.39, 0.29) is 10.7 Å². The molecule has 5 nitrogen and oxygen atoms in total. The lowest BCUT2D eigenvalue weighted by Crippen LogP contribution is -2.02. The van der Waals surface area contributed by atoms with E-state index in [1.807, 2.05) is 30.3 Å². The molecule has 2 aromatic heterocycles. The lowest BCUT2D eigenvalue weighted by Gasteiger charge is -2.07. The Balaban J connectivity index is 1.96. The number of hydrogen-bond donors (Lipinski definition) is 2. The maximum atomic E-state index is 11.7. The van der Waals surface area contributed by atoms with E-state index in [0.29, 0.717) is 23.4 Å². The van der Waals surface area contributed by atoms with Gasteiger partial charge in [0.2, 0.25) is 0 Å². The molecule has 6 heteroatoms. The van der Waals surface area contributed by atoms with Crippen molar-refractivity contribution in [2.75, 3.05) is 0 Å². The molecule has 0 aliphatic rings. The van der Waals surface area contributed by atoms with E-state index in [4.69, 9.17) is 16.3 Å². The van der Waals surface area contributed by atoms with Crippen molar-refractivity contribution in [3.8, 4) is 5.75 Å². The molecule has 0 radical (unpaired) electrons. The third-order valence-corrected chi connectivity index (χ3v) is 2.90. The van der Waals surface area contributed by atoms with Gasteiger partial charge in [-0.1, -0.05) is 41.9 Å². The first-order valence-electron chi connectivity index (χ1n) is 5.67. The Hall–Kier alpha value is -2.27. The van der Waals surface area contributed by atoms with Gasteiger partial charge in [-0.15, -0.1) is 0 Å². The Labute approximate surface area is 113 Å². The summed E-state index contributed by atoms with van der Waals surface area (Å²) < 4.78 is 5.66. The quantitative estimate of drug-likeness (QED) is 0.722. The monoisotopic (exact) mass is 275 g/mol. The maximum Gasteiger partial charge on any atom is 0.277 e. The molecule has 0 fully saturated rings. The topological polar surface area (TPSA) is 70.8 Å². The first kappa shape index (κ1) is 11.8. The molecule has 0 bridgehead atoms. The Kier molecular flexibility index (Phi) is 2.97. The smallest absolute Gasteiger partial charge is 0.277 e. The summed E-state index contributed by atoms with van der Waals surface area (Å²) in [4.78, 5) is 15.7. The van der Waals surface area contributed by atoms with Crippen molar-refractivity contribution < 1.29 is 4.74 Å². The summed E-state index contributed by atoms with van der Waals surface area (Å²) >= 11 is 5.89. The van der Waals surface area contributed by atoms with Crippen LogP contribution in [0.25, 0.3) is 11.0 Å². The van der Waals surface area contributed by atoms with E-state index in [1.165, 1.54) is 6.07 Å². The van der Waals surface area contributed by atoms with Gasteiger partial charge in [0.05, 0.1) is 0 Å². The Morgan fingerprint density at radius 3 is 2.79 bits per heavy atom. The molecule has 0 spiro atoms. The summed E-state index contributed by atoms with van der Waals surface area (Å²) in [5.74, 6) is 0.418. The molecule has 0 aliphatic carbocycles. The number of rotatable bonds is 3. The number of benzene rings is 1. The van der Waals surface area contributed by atoms with Crippen LogP contribution in [0.15, 0.2) is 41.2 Å². The number of fused-ring (bicyclic) bond motifs is 1.